The Kier molecular flexibility index (Phi) is 7.31. The number of aliphatic hydroxyl groups is 2. The minimum atomic E-state index is -0.802. The molecule has 0 aliphatic heterocycles. The van der Waals surface area contributed by atoms with Crippen LogP contribution < -0.4 is 0 Å². The van der Waals surface area contributed by atoms with Crippen molar-refractivity contribution in [3.05, 3.63) is 46.6 Å². The van der Waals surface area contributed by atoms with Gasteiger partial charge in [0.1, 0.15) is 0 Å². The average molecular weight is 304 g/mol. The normalized spacial score (nSPS) is 32.4. The van der Waals surface area contributed by atoms with E-state index in [2.05, 4.69) is 39.0 Å². The molecule has 1 aliphatic rings. The van der Waals surface area contributed by atoms with Crippen LogP contribution in [0, 0.1) is 0 Å². The van der Waals surface area contributed by atoms with Gasteiger partial charge in [-0.25, -0.2) is 0 Å². The largest absolute Gasteiger partial charge is 0.389 e. The van der Waals surface area contributed by atoms with E-state index in [1.165, 1.54) is 16.7 Å². The molecular weight excluding hydrogens is 272 g/mol. The predicted molar refractivity (Wildman–Crippen MR) is 94.7 cm³/mol. The standard InChI is InChI=1S/C20H32O2/c1-15-7-6-8-16(2)13-19(21)14-17(3)10-12-18(11-9-15)20(4,5)22/h8-9,11,14,19,21-22H,6-7,10,12-13H2,1-5H3/b15-9+,16-8+,17-14+,18-11+. The first-order chi connectivity index (χ1) is 10.2. The second kappa shape index (κ2) is 8.50. The molecule has 124 valence electrons. The third-order valence-corrected chi connectivity index (χ3v) is 4.18. The van der Waals surface area contributed by atoms with E-state index >= 15 is 0 Å². The van der Waals surface area contributed by atoms with Crippen molar-refractivity contribution in [3.63, 3.8) is 0 Å². The van der Waals surface area contributed by atoms with Gasteiger partial charge in [-0.05, 0) is 72.3 Å². The highest BCUT2D eigenvalue weighted by Crippen LogP contribution is 2.24. The van der Waals surface area contributed by atoms with Crippen molar-refractivity contribution in [2.75, 3.05) is 0 Å². The second-order valence-corrected chi connectivity index (χ2v) is 7.14. The van der Waals surface area contributed by atoms with Crippen molar-refractivity contribution in [2.45, 2.75) is 78.4 Å². The van der Waals surface area contributed by atoms with Gasteiger partial charge in [-0.1, -0.05) is 41.0 Å². The lowest BCUT2D eigenvalue weighted by Gasteiger charge is -2.22. The molecule has 0 saturated heterocycles. The van der Waals surface area contributed by atoms with Crippen LogP contribution in [0.1, 0.15) is 66.7 Å². The van der Waals surface area contributed by atoms with E-state index < -0.39 is 11.7 Å². The number of hydrogen-bond donors (Lipinski definition) is 2. The average Bonchev–Trinajstić information content (AvgIpc) is 2.35. The molecule has 0 radical (unpaired) electrons. The highest BCUT2D eigenvalue weighted by atomic mass is 16.3. The fourth-order valence-corrected chi connectivity index (χ4v) is 2.68. The van der Waals surface area contributed by atoms with Crippen LogP contribution in [0.2, 0.25) is 0 Å². The fraction of sp³-hybridized carbons (Fsp3) is 0.600. The number of hydrogen-bond acceptors (Lipinski definition) is 2. The van der Waals surface area contributed by atoms with Crippen molar-refractivity contribution in [3.8, 4) is 0 Å². The minimum Gasteiger partial charge on any atom is -0.389 e. The Morgan fingerprint density at radius 2 is 1.64 bits per heavy atom. The molecule has 2 heteroatoms. The van der Waals surface area contributed by atoms with E-state index in [-0.39, 0.29) is 0 Å². The lowest BCUT2D eigenvalue weighted by Crippen LogP contribution is -2.22. The summed E-state index contributed by atoms with van der Waals surface area (Å²) in [6.45, 7) is 9.95. The smallest absolute Gasteiger partial charge is 0.0803 e. The van der Waals surface area contributed by atoms with E-state index in [9.17, 15) is 10.2 Å². The van der Waals surface area contributed by atoms with Crippen molar-refractivity contribution < 1.29 is 10.2 Å². The quantitative estimate of drug-likeness (QED) is 0.680. The molecule has 2 N–H and O–H groups in total. The highest BCUT2D eigenvalue weighted by Gasteiger charge is 2.18. The molecule has 0 aromatic heterocycles. The molecule has 1 atom stereocenters. The second-order valence-electron chi connectivity index (χ2n) is 7.14. The minimum absolute atomic E-state index is 0.412. The zero-order valence-electron chi connectivity index (χ0n) is 14.8. The van der Waals surface area contributed by atoms with E-state index in [0.29, 0.717) is 6.42 Å². The summed E-state index contributed by atoms with van der Waals surface area (Å²) < 4.78 is 0. The Bertz CT molecular complexity index is 484. The molecule has 0 aromatic rings. The van der Waals surface area contributed by atoms with E-state index in [0.717, 1.165) is 31.3 Å². The molecule has 1 rings (SSSR count). The van der Waals surface area contributed by atoms with Gasteiger partial charge in [-0.15, -0.1) is 0 Å². The maximum absolute atomic E-state index is 10.3. The maximum atomic E-state index is 10.3. The van der Waals surface area contributed by atoms with E-state index in [4.69, 9.17) is 0 Å². The lowest BCUT2D eigenvalue weighted by molar-refractivity contribution is 0.116. The molecule has 22 heavy (non-hydrogen) atoms. The van der Waals surface area contributed by atoms with Crippen LogP contribution in [0.25, 0.3) is 0 Å². The van der Waals surface area contributed by atoms with Gasteiger partial charge in [-0.3, -0.25) is 0 Å². The summed E-state index contributed by atoms with van der Waals surface area (Å²) in [6, 6.07) is 0. The van der Waals surface area contributed by atoms with Crippen molar-refractivity contribution in [1.29, 1.82) is 0 Å². The highest BCUT2D eigenvalue weighted by molar-refractivity contribution is 5.24. The van der Waals surface area contributed by atoms with Crippen LogP contribution in [0.3, 0.4) is 0 Å². The monoisotopic (exact) mass is 304 g/mol. The zero-order chi connectivity index (χ0) is 16.8. The van der Waals surface area contributed by atoms with Crippen LogP contribution in [0.15, 0.2) is 46.6 Å². The fourth-order valence-electron chi connectivity index (χ4n) is 2.68. The van der Waals surface area contributed by atoms with Crippen molar-refractivity contribution in [2.24, 2.45) is 0 Å². The molecule has 0 fully saturated rings. The molecule has 1 unspecified atom stereocenters. The maximum Gasteiger partial charge on any atom is 0.0803 e. The summed E-state index contributed by atoms with van der Waals surface area (Å²) in [5.41, 5.74) is 3.97. The summed E-state index contributed by atoms with van der Waals surface area (Å²) in [4.78, 5) is 0. The van der Waals surface area contributed by atoms with E-state index in [1.807, 2.05) is 19.9 Å². The molecule has 0 spiro atoms. The number of aliphatic hydroxyl groups excluding tert-OH is 1. The summed E-state index contributed by atoms with van der Waals surface area (Å²) in [6.07, 6.45) is 12.4. The van der Waals surface area contributed by atoms with Gasteiger partial charge in [0.25, 0.3) is 0 Å². The first-order valence-electron chi connectivity index (χ1n) is 8.28. The van der Waals surface area contributed by atoms with Crippen LogP contribution in [-0.2, 0) is 0 Å². The SMILES string of the molecule is C/C1=C\C=C(\C(C)(C)O)CC/C(C)=C/C(O)C/C(C)=C/CC1. The van der Waals surface area contributed by atoms with Crippen LogP contribution in [0.5, 0.6) is 0 Å². The van der Waals surface area contributed by atoms with E-state index in [1.54, 1.807) is 0 Å². The zero-order valence-corrected chi connectivity index (χ0v) is 14.8. The Hall–Kier alpha value is -1.12. The number of allylic oxidation sites excluding steroid dienone is 5. The van der Waals surface area contributed by atoms with Crippen LogP contribution in [-0.4, -0.2) is 21.9 Å². The molecule has 1 aliphatic carbocycles. The molecule has 0 aromatic carbocycles. The van der Waals surface area contributed by atoms with Gasteiger partial charge < -0.3 is 10.2 Å². The summed E-state index contributed by atoms with van der Waals surface area (Å²) in [5, 5.41) is 20.5. The molecule has 0 bridgehead atoms. The van der Waals surface area contributed by atoms with Crippen LogP contribution >= 0.6 is 0 Å². The third-order valence-electron chi connectivity index (χ3n) is 4.18. The Labute approximate surface area is 135 Å². The summed E-state index contributed by atoms with van der Waals surface area (Å²) >= 11 is 0. The summed E-state index contributed by atoms with van der Waals surface area (Å²) in [7, 11) is 0. The van der Waals surface area contributed by atoms with Crippen molar-refractivity contribution in [1.82, 2.24) is 0 Å². The molecule has 0 saturated carbocycles. The van der Waals surface area contributed by atoms with Crippen LogP contribution in [0.4, 0.5) is 0 Å². The van der Waals surface area contributed by atoms with Gasteiger partial charge in [0.05, 0.1) is 11.7 Å². The van der Waals surface area contributed by atoms with Crippen molar-refractivity contribution >= 4 is 0 Å². The molecule has 0 heterocycles. The van der Waals surface area contributed by atoms with Gasteiger partial charge >= 0.3 is 0 Å². The number of rotatable bonds is 1. The Morgan fingerprint density at radius 1 is 0.955 bits per heavy atom. The van der Waals surface area contributed by atoms with Gasteiger partial charge in [0, 0.05) is 0 Å². The molecule has 2 nitrogen and oxygen atoms in total. The van der Waals surface area contributed by atoms with Gasteiger partial charge in [0.2, 0.25) is 0 Å². The first kappa shape index (κ1) is 18.9. The molecule has 0 amide bonds. The molecular formula is C20H32O2. The Balaban J connectivity index is 3.04. The third kappa shape index (κ3) is 7.24. The first-order valence-corrected chi connectivity index (χ1v) is 8.28. The predicted octanol–water partition coefficient (Wildman–Crippen LogP) is 4.85. The van der Waals surface area contributed by atoms with Gasteiger partial charge in [0.15, 0.2) is 0 Å². The topological polar surface area (TPSA) is 40.5 Å². The lowest BCUT2D eigenvalue weighted by atomic mass is 9.91. The Morgan fingerprint density at radius 3 is 2.27 bits per heavy atom. The summed E-state index contributed by atoms with van der Waals surface area (Å²) in [5.74, 6) is 0. The van der Waals surface area contributed by atoms with Gasteiger partial charge in [-0.2, -0.15) is 0 Å².